The van der Waals surface area contributed by atoms with E-state index in [-0.39, 0.29) is 24.4 Å². The summed E-state index contributed by atoms with van der Waals surface area (Å²) in [4.78, 5) is 25.0. The van der Waals surface area contributed by atoms with E-state index < -0.39 is 0 Å². The number of ether oxygens (including phenoxy) is 1. The Labute approximate surface area is 175 Å². The normalized spacial score (nSPS) is 28.1. The van der Waals surface area contributed by atoms with Crippen molar-refractivity contribution in [3.05, 3.63) is 29.3 Å². The van der Waals surface area contributed by atoms with Gasteiger partial charge in [0.05, 0.1) is 10.00 Å². The largest absolute Gasteiger partial charge is 0.455 e. The molecule has 152 valence electrons. The van der Waals surface area contributed by atoms with Crippen molar-refractivity contribution in [2.45, 2.75) is 50.0 Å². The Hall–Kier alpha value is -1.14. The van der Waals surface area contributed by atoms with Crippen molar-refractivity contribution in [3.63, 3.8) is 0 Å². The fourth-order valence-corrected chi connectivity index (χ4v) is 9.05. The monoisotopic (exact) mass is 419 g/mol. The molecule has 6 heteroatoms. The predicted octanol–water partition coefficient (Wildman–Crippen LogP) is 4.79. The zero-order valence-electron chi connectivity index (χ0n) is 16.7. The van der Waals surface area contributed by atoms with E-state index in [9.17, 15) is 9.59 Å². The molecular weight excluding hydrogens is 390 g/mol. The second-order valence-electron chi connectivity index (χ2n) is 8.39. The minimum atomic E-state index is -0.267. The molecule has 28 heavy (non-hydrogen) atoms. The minimum Gasteiger partial charge on any atom is -0.455 e. The fourth-order valence-electron chi connectivity index (χ4n) is 5.11. The lowest BCUT2D eigenvalue weighted by Crippen LogP contribution is -2.48. The number of carbonyl (C=O) groups excluding carboxylic acids is 2. The molecule has 4 nitrogen and oxygen atoms in total. The molecule has 3 aliphatic rings. The first-order valence-corrected chi connectivity index (χ1v) is 12.3. The summed E-state index contributed by atoms with van der Waals surface area (Å²) >= 11 is 4.28. The molecule has 2 saturated carbocycles. The van der Waals surface area contributed by atoms with Gasteiger partial charge in [-0.2, -0.15) is 0 Å². The molecule has 1 saturated heterocycles. The van der Waals surface area contributed by atoms with Crippen LogP contribution in [0.15, 0.2) is 18.2 Å². The number of amides is 1. The Morgan fingerprint density at radius 3 is 2.50 bits per heavy atom. The third kappa shape index (κ3) is 3.95. The summed E-state index contributed by atoms with van der Waals surface area (Å²) in [6, 6.07) is 5.93. The zero-order valence-corrected chi connectivity index (χ0v) is 18.3. The van der Waals surface area contributed by atoms with Crippen LogP contribution in [0.1, 0.15) is 43.2 Å². The molecule has 0 radical (unpaired) electrons. The highest BCUT2D eigenvalue weighted by atomic mass is 32.2. The standard InChI is InChI=1S/C22H29NO3S2/c1-14-6-7-15(2)19(10-14)23-20(24)13-26-21(25)16-11-17-4-3-5-18(12-16)22(17)27-8-9-28-22/h6-7,10,16-18H,3-5,8-9,11-13H2,1-2H3,(H,23,24)/t17-,18-/m1/s1. The van der Waals surface area contributed by atoms with E-state index in [0.717, 1.165) is 29.7 Å². The Kier molecular flexibility index (Phi) is 5.98. The van der Waals surface area contributed by atoms with Crippen LogP contribution in [0.5, 0.6) is 0 Å². The van der Waals surface area contributed by atoms with Gasteiger partial charge in [0.2, 0.25) is 0 Å². The molecule has 4 rings (SSSR count). The average molecular weight is 420 g/mol. The minimum absolute atomic E-state index is 0.0452. The number of benzene rings is 1. The highest BCUT2D eigenvalue weighted by Gasteiger charge is 2.55. The topological polar surface area (TPSA) is 55.4 Å². The van der Waals surface area contributed by atoms with Crippen LogP contribution in [0.2, 0.25) is 0 Å². The lowest BCUT2D eigenvalue weighted by molar-refractivity contribution is -0.154. The molecule has 3 fully saturated rings. The summed E-state index contributed by atoms with van der Waals surface area (Å²) in [5.74, 6) is 3.21. The van der Waals surface area contributed by atoms with Gasteiger partial charge >= 0.3 is 5.97 Å². The second kappa shape index (κ2) is 8.31. The number of hydrogen-bond donors (Lipinski definition) is 1. The number of hydrogen-bond acceptors (Lipinski definition) is 5. The molecule has 2 aliphatic carbocycles. The fraction of sp³-hybridized carbons (Fsp3) is 0.636. The zero-order chi connectivity index (χ0) is 19.7. The Balaban J connectivity index is 1.32. The van der Waals surface area contributed by atoms with E-state index >= 15 is 0 Å². The van der Waals surface area contributed by atoms with Crippen molar-refractivity contribution < 1.29 is 14.3 Å². The Morgan fingerprint density at radius 1 is 1.14 bits per heavy atom. The number of rotatable bonds is 4. The van der Waals surface area contributed by atoms with Gasteiger partial charge < -0.3 is 10.1 Å². The first-order valence-electron chi connectivity index (χ1n) is 10.3. The number of nitrogens with one attached hydrogen (secondary N) is 1. The van der Waals surface area contributed by atoms with Crippen LogP contribution in [-0.4, -0.2) is 34.1 Å². The third-order valence-electron chi connectivity index (χ3n) is 6.47. The van der Waals surface area contributed by atoms with Crippen LogP contribution in [0.25, 0.3) is 0 Å². The molecule has 1 spiro atoms. The van der Waals surface area contributed by atoms with Gasteiger partial charge in [-0.1, -0.05) is 18.6 Å². The maximum atomic E-state index is 12.7. The van der Waals surface area contributed by atoms with E-state index in [4.69, 9.17) is 4.74 Å². The quantitative estimate of drug-likeness (QED) is 0.711. The van der Waals surface area contributed by atoms with Crippen LogP contribution in [0.4, 0.5) is 5.69 Å². The summed E-state index contributed by atoms with van der Waals surface area (Å²) in [5, 5.41) is 2.87. The molecule has 1 heterocycles. The van der Waals surface area contributed by atoms with E-state index in [2.05, 4.69) is 28.8 Å². The molecular formula is C22H29NO3S2. The van der Waals surface area contributed by atoms with E-state index in [1.54, 1.807) is 0 Å². The summed E-state index contributed by atoms with van der Waals surface area (Å²) in [6.07, 6.45) is 5.60. The first kappa shape index (κ1) is 20.1. The maximum absolute atomic E-state index is 12.7. The average Bonchev–Trinajstić information content (AvgIpc) is 3.12. The molecule has 1 aromatic rings. The van der Waals surface area contributed by atoms with Crippen molar-refractivity contribution in [3.8, 4) is 0 Å². The maximum Gasteiger partial charge on any atom is 0.309 e. The summed E-state index contributed by atoms with van der Waals surface area (Å²) in [7, 11) is 0. The van der Waals surface area contributed by atoms with Crippen molar-refractivity contribution in [2.24, 2.45) is 17.8 Å². The summed E-state index contributed by atoms with van der Waals surface area (Å²) in [5.41, 5.74) is 2.87. The van der Waals surface area contributed by atoms with Gasteiger partial charge in [0.1, 0.15) is 0 Å². The Morgan fingerprint density at radius 2 is 1.82 bits per heavy atom. The second-order valence-corrected chi connectivity index (χ2v) is 11.4. The summed E-state index contributed by atoms with van der Waals surface area (Å²) < 4.78 is 5.79. The SMILES string of the molecule is Cc1ccc(C)c(NC(=O)COC(=O)C2C[C@H]3CCC[C@H](C2)C32SCCS2)c1. The van der Waals surface area contributed by atoms with Gasteiger partial charge in [-0.05, 0) is 68.6 Å². The molecule has 1 N–H and O–H groups in total. The Bertz CT molecular complexity index is 744. The smallest absolute Gasteiger partial charge is 0.309 e. The van der Waals surface area contributed by atoms with E-state index in [0.29, 0.717) is 15.9 Å². The van der Waals surface area contributed by atoms with Gasteiger partial charge in [0, 0.05) is 17.2 Å². The first-order chi connectivity index (χ1) is 13.5. The lowest BCUT2D eigenvalue weighted by atomic mass is 9.67. The number of aryl methyl sites for hydroxylation is 2. The van der Waals surface area contributed by atoms with Crippen molar-refractivity contribution in [2.75, 3.05) is 23.4 Å². The van der Waals surface area contributed by atoms with Crippen molar-refractivity contribution in [1.29, 1.82) is 0 Å². The number of esters is 1. The molecule has 0 unspecified atom stereocenters. The number of carbonyl (C=O) groups is 2. The van der Waals surface area contributed by atoms with Gasteiger partial charge in [-0.3, -0.25) is 9.59 Å². The van der Waals surface area contributed by atoms with Crippen molar-refractivity contribution >= 4 is 41.1 Å². The molecule has 2 atom stereocenters. The molecule has 0 aromatic heterocycles. The van der Waals surface area contributed by atoms with Gasteiger partial charge in [0.25, 0.3) is 5.91 Å². The van der Waals surface area contributed by atoms with Crippen LogP contribution in [-0.2, 0) is 14.3 Å². The van der Waals surface area contributed by atoms with Gasteiger partial charge in [0.15, 0.2) is 6.61 Å². The van der Waals surface area contributed by atoms with Gasteiger partial charge in [-0.25, -0.2) is 0 Å². The van der Waals surface area contributed by atoms with Crippen LogP contribution < -0.4 is 5.32 Å². The highest BCUT2D eigenvalue weighted by Crippen LogP contribution is 2.64. The van der Waals surface area contributed by atoms with Crippen molar-refractivity contribution in [1.82, 2.24) is 0 Å². The summed E-state index contributed by atoms with van der Waals surface area (Å²) in [6.45, 7) is 3.74. The van der Waals surface area contributed by atoms with Crippen LogP contribution >= 0.6 is 23.5 Å². The molecule has 2 bridgehead atoms. The van der Waals surface area contributed by atoms with Crippen LogP contribution in [0, 0.1) is 31.6 Å². The predicted molar refractivity (Wildman–Crippen MR) is 117 cm³/mol. The highest BCUT2D eigenvalue weighted by molar-refractivity contribution is 8.21. The third-order valence-corrected chi connectivity index (χ3v) is 10.5. The van der Waals surface area contributed by atoms with E-state index in [1.165, 1.54) is 30.8 Å². The number of thioether (sulfide) groups is 2. The van der Waals surface area contributed by atoms with Gasteiger partial charge in [-0.15, -0.1) is 23.5 Å². The van der Waals surface area contributed by atoms with E-state index in [1.807, 2.05) is 32.0 Å². The molecule has 1 aromatic carbocycles. The number of anilines is 1. The molecule has 1 amide bonds. The van der Waals surface area contributed by atoms with Crippen LogP contribution in [0.3, 0.4) is 0 Å². The lowest BCUT2D eigenvalue weighted by Gasteiger charge is -2.51. The molecule has 1 aliphatic heterocycles.